The molecule has 6 nitrogen and oxygen atoms in total. The normalized spacial score (nSPS) is 12.6. The van der Waals surface area contributed by atoms with Crippen LogP contribution in [0.25, 0.3) is 0 Å². The van der Waals surface area contributed by atoms with Crippen molar-refractivity contribution in [1.82, 2.24) is 9.97 Å². The molecule has 0 fully saturated rings. The van der Waals surface area contributed by atoms with Crippen LogP contribution in [0.4, 0.5) is 48.2 Å². The average molecular weight is 399 g/mol. The summed E-state index contributed by atoms with van der Waals surface area (Å²) in [4.78, 5) is 6.83. The third-order valence-electron chi connectivity index (χ3n) is 3.09. The van der Waals surface area contributed by atoms with Gasteiger partial charge in [0.25, 0.3) is 0 Å². The highest BCUT2D eigenvalue weighted by atomic mass is 19.4. The van der Waals surface area contributed by atoms with Gasteiger partial charge in [-0.2, -0.15) is 18.2 Å². The van der Waals surface area contributed by atoms with Crippen LogP contribution in [0.3, 0.4) is 0 Å². The molecule has 1 aromatic carbocycles. The van der Waals surface area contributed by atoms with E-state index in [4.69, 9.17) is 5.11 Å². The van der Waals surface area contributed by atoms with Gasteiger partial charge in [-0.1, -0.05) is 0 Å². The summed E-state index contributed by atoms with van der Waals surface area (Å²) in [7, 11) is 0. The summed E-state index contributed by atoms with van der Waals surface area (Å²) in [6, 6.07) is -0.338. The quantitative estimate of drug-likeness (QED) is 0.339. The Bertz CT molecular complexity index is 804. The Morgan fingerprint density at radius 2 is 1.59 bits per heavy atom. The molecule has 4 N–H and O–H groups in total. The number of alkyl halides is 3. The Balaban J connectivity index is 2.34. The Morgan fingerprint density at radius 1 is 1.00 bits per heavy atom. The van der Waals surface area contributed by atoms with Gasteiger partial charge in [0, 0.05) is 18.2 Å². The number of halogens is 7. The molecule has 1 heterocycles. The fraction of sp³-hybridized carbons (Fsp3) is 0.286. The van der Waals surface area contributed by atoms with E-state index in [-0.39, 0.29) is 6.07 Å². The van der Waals surface area contributed by atoms with Crippen molar-refractivity contribution in [3.63, 3.8) is 0 Å². The molecular weight excluding hydrogens is 387 g/mol. The van der Waals surface area contributed by atoms with Crippen LogP contribution in [-0.2, 0) is 6.18 Å². The van der Waals surface area contributed by atoms with Crippen molar-refractivity contribution in [2.45, 2.75) is 19.1 Å². The molecule has 0 aliphatic carbocycles. The first-order valence-corrected chi connectivity index (χ1v) is 7.21. The largest absolute Gasteiger partial charge is 0.433 e. The van der Waals surface area contributed by atoms with E-state index in [1.807, 2.05) is 5.43 Å². The topological polar surface area (TPSA) is 82.1 Å². The molecule has 0 bridgehead atoms. The minimum atomic E-state index is -4.89. The molecular formula is C14H12F7N5O. The summed E-state index contributed by atoms with van der Waals surface area (Å²) in [6.45, 7) is 0.981. The minimum absolute atomic E-state index is 0.0272. The number of aliphatic hydroxyl groups excluding tert-OH is 1. The molecule has 1 atom stereocenters. The lowest BCUT2D eigenvalue weighted by Crippen LogP contribution is -2.23. The van der Waals surface area contributed by atoms with Gasteiger partial charge in [-0.05, 0) is 6.92 Å². The van der Waals surface area contributed by atoms with Crippen molar-refractivity contribution in [3.8, 4) is 0 Å². The lowest BCUT2D eigenvalue weighted by Gasteiger charge is -2.16. The zero-order chi connectivity index (χ0) is 20.4. The lowest BCUT2D eigenvalue weighted by molar-refractivity contribution is -0.141. The van der Waals surface area contributed by atoms with Gasteiger partial charge in [-0.15, -0.1) is 0 Å². The van der Waals surface area contributed by atoms with E-state index in [9.17, 15) is 30.7 Å². The van der Waals surface area contributed by atoms with E-state index in [1.54, 1.807) is 5.43 Å². The van der Waals surface area contributed by atoms with Gasteiger partial charge in [0.15, 0.2) is 34.8 Å². The predicted molar refractivity (Wildman–Crippen MR) is 80.7 cm³/mol. The third-order valence-corrected chi connectivity index (χ3v) is 3.09. The maximum Gasteiger partial charge on any atom is 0.433 e. The Labute approximate surface area is 147 Å². The van der Waals surface area contributed by atoms with Crippen LogP contribution in [0.5, 0.6) is 0 Å². The molecule has 0 spiro atoms. The molecule has 0 saturated carbocycles. The van der Waals surface area contributed by atoms with E-state index in [2.05, 4.69) is 15.3 Å². The van der Waals surface area contributed by atoms with Gasteiger partial charge in [0.1, 0.15) is 5.69 Å². The van der Waals surface area contributed by atoms with Gasteiger partial charge < -0.3 is 10.4 Å². The van der Waals surface area contributed by atoms with Crippen molar-refractivity contribution in [2.24, 2.45) is 0 Å². The maximum atomic E-state index is 13.6. The minimum Gasteiger partial charge on any atom is -0.394 e. The number of benzene rings is 1. The number of nitrogens with one attached hydrogen (secondary N) is 3. The number of hydrogen-bond donors (Lipinski definition) is 4. The van der Waals surface area contributed by atoms with Gasteiger partial charge >= 0.3 is 6.18 Å². The fourth-order valence-corrected chi connectivity index (χ4v) is 1.80. The Morgan fingerprint density at radius 3 is 2.11 bits per heavy atom. The van der Waals surface area contributed by atoms with Crippen molar-refractivity contribution in [2.75, 3.05) is 22.8 Å². The summed E-state index contributed by atoms with van der Waals surface area (Å²) in [5.74, 6) is -8.18. The van der Waals surface area contributed by atoms with Crippen LogP contribution in [-0.4, -0.2) is 27.7 Å². The van der Waals surface area contributed by atoms with Gasteiger partial charge in [0.05, 0.1) is 6.61 Å². The summed E-state index contributed by atoms with van der Waals surface area (Å²) in [6.07, 6.45) is -4.89. The average Bonchev–Trinajstić information content (AvgIpc) is 2.59. The molecule has 2 aromatic rings. The highest BCUT2D eigenvalue weighted by molar-refractivity contribution is 5.53. The first-order chi connectivity index (χ1) is 12.5. The van der Waals surface area contributed by atoms with Crippen LogP contribution >= 0.6 is 0 Å². The van der Waals surface area contributed by atoms with E-state index < -0.39 is 65.2 Å². The molecule has 27 heavy (non-hydrogen) atoms. The Kier molecular flexibility index (Phi) is 5.93. The smallest absolute Gasteiger partial charge is 0.394 e. The summed E-state index contributed by atoms with van der Waals surface area (Å²) >= 11 is 0. The maximum absolute atomic E-state index is 13.6. The van der Waals surface area contributed by atoms with Crippen LogP contribution in [0.1, 0.15) is 12.6 Å². The van der Waals surface area contributed by atoms with Gasteiger partial charge in [0.2, 0.25) is 5.95 Å². The Hall–Kier alpha value is -2.83. The molecule has 0 saturated heterocycles. The second-order valence-corrected chi connectivity index (χ2v) is 5.28. The van der Waals surface area contributed by atoms with Crippen molar-refractivity contribution >= 4 is 17.5 Å². The number of hydrogen-bond acceptors (Lipinski definition) is 6. The van der Waals surface area contributed by atoms with Crippen LogP contribution in [0.15, 0.2) is 12.1 Å². The number of anilines is 3. The molecule has 2 rings (SSSR count). The van der Waals surface area contributed by atoms with Crippen molar-refractivity contribution in [1.29, 1.82) is 0 Å². The first-order valence-electron chi connectivity index (χ1n) is 7.21. The lowest BCUT2D eigenvalue weighted by atomic mass is 10.2. The highest BCUT2D eigenvalue weighted by Crippen LogP contribution is 2.30. The molecule has 148 valence electrons. The standard InChI is InChI=1S/C14H12F7N5O/c1-5(4-27)22-13-23-8(14(19,20)21)3-9(24-13)25-26-12-10(17)6(15)2-7(16)11(12)18/h2-3,5,26-27H,4H2,1H3,(H2,22,23,24,25)/t5-/m1/s1. The number of nitrogens with zero attached hydrogens (tertiary/aromatic N) is 2. The second-order valence-electron chi connectivity index (χ2n) is 5.28. The van der Waals surface area contributed by atoms with E-state index in [0.717, 1.165) is 0 Å². The van der Waals surface area contributed by atoms with E-state index >= 15 is 0 Å². The number of hydrazine groups is 1. The van der Waals surface area contributed by atoms with Crippen molar-refractivity contribution < 1.29 is 35.8 Å². The zero-order valence-electron chi connectivity index (χ0n) is 13.4. The molecule has 0 aliphatic heterocycles. The van der Waals surface area contributed by atoms with Crippen LogP contribution in [0, 0.1) is 23.3 Å². The zero-order valence-corrected chi connectivity index (χ0v) is 13.4. The summed E-state index contributed by atoms with van der Waals surface area (Å²) in [5.41, 5.74) is 0.952. The second kappa shape index (κ2) is 7.82. The third kappa shape index (κ3) is 4.87. The number of rotatable bonds is 6. The monoisotopic (exact) mass is 399 g/mol. The molecule has 0 unspecified atom stereocenters. The molecule has 1 aromatic heterocycles. The number of aromatic nitrogens is 2. The molecule has 13 heteroatoms. The molecule has 0 aliphatic rings. The van der Waals surface area contributed by atoms with Crippen LogP contribution < -0.4 is 16.2 Å². The molecule has 0 amide bonds. The summed E-state index contributed by atoms with van der Waals surface area (Å²) in [5, 5.41) is 11.3. The SMILES string of the molecule is C[C@H](CO)Nc1nc(NNc2c(F)c(F)cc(F)c2F)cc(C(F)(F)F)n1. The molecule has 0 radical (unpaired) electrons. The van der Waals surface area contributed by atoms with Gasteiger partial charge in [-0.3, -0.25) is 10.9 Å². The van der Waals surface area contributed by atoms with Crippen molar-refractivity contribution in [3.05, 3.63) is 41.1 Å². The summed E-state index contributed by atoms with van der Waals surface area (Å²) < 4.78 is 92.2. The fourth-order valence-electron chi connectivity index (χ4n) is 1.80. The van der Waals surface area contributed by atoms with Gasteiger partial charge in [-0.25, -0.2) is 22.5 Å². The highest BCUT2D eigenvalue weighted by Gasteiger charge is 2.34. The number of aliphatic hydroxyl groups is 1. The predicted octanol–water partition coefficient (Wildman–Crippen LogP) is 3.28. The van der Waals surface area contributed by atoms with E-state index in [0.29, 0.717) is 6.07 Å². The van der Waals surface area contributed by atoms with Crippen LogP contribution in [0.2, 0.25) is 0 Å². The van der Waals surface area contributed by atoms with E-state index in [1.165, 1.54) is 6.92 Å². The first kappa shape index (κ1) is 20.5.